The second-order valence-corrected chi connectivity index (χ2v) is 7.70. The summed E-state index contributed by atoms with van der Waals surface area (Å²) in [4.78, 5) is 14.9. The molecule has 0 aliphatic heterocycles. The Balaban J connectivity index is 1.59. The van der Waals surface area contributed by atoms with Gasteiger partial charge < -0.3 is 5.32 Å². The van der Waals surface area contributed by atoms with Gasteiger partial charge in [-0.15, -0.1) is 22.7 Å². The number of aryl methyl sites for hydroxylation is 1. The number of hydrogen-bond acceptors (Lipinski definition) is 3. The van der Waals surface area contributed by atoms with E-state index in [4.69, 9.17) is 0 Å². The third-order valence-corrected chi connectivity index (χ3v) is 6.11. The summed E-state index contributed by atoms with van der Waals surface area (Å²) in [5, 5.41) is 7.48. The molecule has 1 aliphatic rings. The molecule has 1 amide bonds. The SMILES string of the molecule is O=C(CCc1cccs1)NC(c1cccs1)C1CCCC1. The zero-order valence-electron chi connectivity index (χ0n) is 12.1. The first-order valence-electron chi connectivity index (χ1n) is 7.68. The van der Waals surface area contributed by atoms with Gasteiger partial charge in [-0.1, -0.05) is 25.0 Å². The van der Waals surface area contributed by atoms with Gasteiger partial charge in [0.15, 0.2) is 0 Å². The summed E-state index contributed by atoms with van der Waals surface area (Å²) < 4.78 is 0. The largest absolute Gasteiger partial charge is 0.348 e. The van der Waals surface area contributed by atoms with Crippen LogP contribution in [0.4, 0.5) is 0 Å². The van der Waals surface area contributed by atoms with Gasteiger partial charge in [0.05, 0.1) is 6.04 Å². The lowest BCUT2D eigenvalue weighted by atomic mass is 9.96. The molecule has 2 heterocycles. The third kappa shape index (κ3) is 3.95. The van der Waals surface area contributed by atoms with Crippen LogP contribution < -0.4 is 5.32 Å². The predicted octanol–water partition coefficient (Wildman–Crippen LogP) is 4.79. The number of thiophene rings is 2. The first-order chi connectivity index (χ1) is 10.3. The molecule has 0 aromatic carbocycles. The fourth-order valence-electron chi connectivity index (χ4n) is 3.12. The van der Waals surface area contributed by atoms with Crippen LogP contribution in [-0.4, -0.2) is 5.91 Å². The van der Waals surface area contributed by atoms with E-state index >= 15 is 0 Å². The maximum atomic E-state index is 12.3. The molecule has 21 heavy (non-hydrogen) atoms. The average Bonchev–Trinajstić information content (AvgIpc) is 3.26. The molecule has 1 aliphatic carbocycles. The van der Waals surface area contributed by atoms with E-state index in [1.165, 1.54) is 35.4 Å². The van der Waals surface area contributed by atoms with Gasteiger partial charge in [-0.3, -0.25) is 4.79 Å². The van der Waals surface area contributed by atoms with Crippen LogP contribution >= 0.6 is 22.7 Å². The minimum absolute atomic E-state index is 0.189. The molecule has 1 atom stereocenters. The van der Waals surface area contributed by atoms with Gasteiger partial charge in [0.25, 0.3) is 0 Å². The van der Waals surface area contributed by atoms with Gasteiger partial charge in [0.1, 0.15) is 0 Å². The molecule has 2 aromatic rings. The second-order valence-electron chi connectivity index (χ2n) is 5.68. The number of carbonyl (C=O) groups is 1. The monoisotopic (exact) mass is 319 g/mol. The van der Waals surface area contributed by atoms with Gasteiger partial charge in [-0.25, -0.2) is 0 Å². The highest BCUT2D eigenvalue weighted by Crippen LogP contribution is 2.37. The minimum atomic E-state index is 0.189. The Morgan fingerprint density at radius 2 is 1.95 bits per heavy atom. The van der Waals surface area contributed by atoms with E-state index in [9.17, 15) is 4.79 Å². The lowest BCUT2D eigenvalue weighted by Gasteiger charge is -2.23. The van der Waals surface area contributed by atoms with Crippen molar-refractivity contribution in [2.24, 2.45) is 5.92 Å². The van der Waals surface area contributed by atoms with Gasteiger partial charge >= 0.3 is 0 Å². The minimum Gasteiger partial charge on any atom is -0.348 e. The normalized spacial score (nSPS) is 17.0. The van der Waals surface area contributed by atoms with Crippen molar-refractivity contribution in [3.63, 3.8) is 0 Å². The standard InChI is InChI=1S/C17H21NOS2/c19-16(10-9-14-7-3-11-20-14)18-17(13-5-1-2-6-13)15-8-4-12-21-15/h3-4,7-8,11-13,17H,1-2,5-6,9-10H2,(H,18,19). The smallest absolute Gasteiger partial charge is 0.220 e. The maximum Gasteiger partial charge on any atom is 0.220 e. The Morgan fingerprint density at radius 1 is 1.19 bits per heavy atom. The molecule has 4 heteroatoms. The Kier molecular flexibility index (Phi) is 5.09. The van der Waals surface area contributed by atoms with E-state index in [1.807, 2.05) is 6.07 Å². The molecule has 0 saturated heterocycles. The van der Waals surface area contributed by atoms with Crippen molar-refractivity contribution < 1.29 is 4.79 Å². The van der Waals surface area contributed by atoms with Crippen molar-refractivity contribution in [2.45, 2.75) is 44.6 Å². The van der Waals surface area contributed by atoms with E-state index < -0.39 is 0 Å². The first-order valence-corrected chi connectivity index (χ1v) is 9.44. The van der Waals surface area contributed by atoms with Crippen LogP contribution in [0.5, 0.6) is 0 Å². The lowest BCUT2D eigenvalue weighted by Crippen LogP contribution is -2.32. The molecule has 0 bridgehead atoms. The van der Waals surface area contributed by atoms with Crippen LogP contribution in [0, 0.1) is 5.92 Å². The van der Waals surface area contributed by atoms with E-state index in [1.54, 1.807) is 22.7 Å². The molecule has 2 nitrogen and oxygen atoms in total. The number of hydrogen-bond donors (Lipinski definition) is 1. The fraction of sp³-hybridized carbons (Fsp3) is 0.471. The quantitative estimate of drug-likeness (QED) is 0.815. The zero-order valence-corrected chi connectivity index (χ0v) is 13.7. The maximum absolute atomic E-state index is 12.3. The molecule has 1 unspecified atom stereocenters. The third-order valence-electron chi connectivity index (χ3n) is 4.22. The molecule has 1 saturated carbocycles. The van der Waals surface area contributed by atoms with Crippen LogP contribution in [0.3, 0.4) is 0 Å². The summed E-state index contributed by atoms with van der Waals surface area (Å²) in [6.45, 7) is 0. The highest BCUT2D eigenvalue weighted by Gasteiger charge is 2.28. The van der Waals surface area contributed by atoms with E-state index in [0.29, 0.717) is 12.3 Å². The topological polar surface area (TPSA) is 29.1 Å². The van der Waals surface area contributed by atoms with Gasteiger partial charge in [0.2, 0.25) is 5.91 Å². The molecule has 3 rings (SSSR count). The van der Waals surface area contributed by atoms with Gasteiger partial charge in [-0.05, 0) is 48.1 Å². The second kappa shape index (κ2) is 7.23. The van der Waals surface area contributed by atoms with Crippen molar-refractivity contribution in [3.8, 4) is 0 Å². The summed E-state index contributed by atoms with van der Waals surface area (Å²) in [5.74, 6) is 0.808. The Morgan fingerprint density at radius 3 is 2.62 bits per heavy atom. The average molecular weight is 319 g/mol. The van der Waals surface area contributed by atoms with E-state index in [-0.39, 0.29) is 11.9 Å². The lowest BCUT2D eigenvalue weighted by molar-refractivity contribution is -0.122. The number of rotatable bonds is 6. The summed E-state index contributed by atoms with van der Waals surface area (Å²) in [5.41, 5.74) is 0. The zero-order chi connectivity index (χ0) is 14.5. The Labute approximate surface area is 134 Å². The fourth-order valence-corrected chi connectivity index (χ4v) is 4.70. The van der Waals surface area contributed by atoms with Crippen LogP contribution in [-0.2, 0) is 11.2 Å². The molecule has 2 aromatic heterocycles. The Bertz CT molecular complexity index is 541. The summed E-state index contributed by atoms with van der Waals surface area (Å²) >= 11 is 3.49. The van der Waals surface area contributed by atoms with Crippen molar-refractivity contribution in [3.05, 3.63) is 44.8 Å². The van der Waals surface area contributed by atoms with E-state index in [2.05, 4.69) is 34.3 Å². The van der Waals surface area contributed by atoms with Crippen molar-refractivity contribution >= 4 is 28.6 Å². The first kappa shape index (κ1) is 14.8. The summed E-state index contributed by atoms with van der Waals surface area (Å²) in [6, 6.07) is 8.62. The highest BCUT2D eigenvalue weighted by atomic mass is 32.1. The van der Waals surface area contributed by atoms with Crippen LogP contribution in [0.15, 0.2) is 35.0 Å². The summed E-state index contributed by atoms with van der Waals surface area (Å²) in [7, 11) is 0. The number of carbonyl (C=O) groups excluding carboxylic acids is 1. The number of nitrogens with one attached hydrogen (secondary N) is 1. The van der Waals surface area contributed by atoms with Crippen LogP contribution in [0.2, 0.25) is 0 Å². The molecule has 0 spiro atoms. The van der Waals surface area contributed by atoms with Crippen molar-refractivity contribution in [2.75, 3.05) is 0 Å². The van der Waals surface area contributed by atoms with Crippen LogP contribution in [0.1, 0.15) is 47.9 Å². The van der Waals surface area contributed by atoms with Gasteiger partial charge in [0, 0.05) is 16.2 Å². The molecule has 1 N–H and O–H groups in total. The van der Waals surface area contributed by atoms with Crippen molar-refractivity contribution in [1.29, 1.82) is 0 Å². The Hall–Kier alpha value is -1.13. The molecule has 0 radical (unpaired) electrons. The van der Waals surface area contributed by atoms with Crippen molar-refractivity contribution in [1.82, 2.24) is 5.32 Å². The highest BCUT2D eigenvalue weighted by molar-refractivity contribution is 7.10. The molecule has 112 valence electrons. The predicted molar refractivity (Wildman–Crippen MR) is 89.8 cm³/mol. The molecular weight excluding hydrogens is 298 g/mol. The van der Waals surface area contributed by atoms with E-state index in [0.717, 1.165) is 6.42 Å². The molecule has 1 fully saturated rings. The van der Waals surface area contributed by atoms with Crippen LogP contribution in [0.25, 0.3) is 0 Å². The molecular formula is C17H21NOS2. The number of amides is 1. The van der Waals surface area contributed by atoms with Gasteiger partial charge in [-0.2, -0.15) is 0 Å². The summed E-state index contributed by atoms with van der Waals surface area (Å²) in [6.07, 6.45) is 6.54.